The molecule has 2 heterocycles. The average Bonchev–Trinajstić information content (AvgIpc) is 3.22. The van der Waals surface area contributed by atoms with Gasteiger partial charge in [-0.2, -0.15) is 0 Å². The number of sulfone groups is 1. The van der Waals surface area contributed by atoms with Gasteiger partial charge in [-0.1, -0.05) is 24.3 Å². The van der Waals surface area contributed by atoms with Gasteiger partial charge in [-0.15, -0.1) is 0 Å². The van der Waals surface area contributed by atoms with Crippen molar-refractivity contribution in [2.75, 3.05) is 46.2 Å². The summed E-state index contributed by atoms with van der Waals surface area (Å²) in [6, 6.07) is 8.66. The van der Waals surface area contributed by atoms with Crippen molar-refractivity contribution in [2.24, 2.45) is 4.99 Å². The number of aliphatic imine (C=N–C) groups is 1. The molecule has 0 amide bonds. The van der Waals surface area contributed by atoms with Crippen LogP contribution in [0.2, 0.25) is 0 Å². The smallest absolute Gasteiger partial charge is 0.191 e. The number of hydrogen-bond acceptors (Lipinski definition) is 5. The lowest BCUT2D eigenvalue weighted by Crippen LogP contribution is -2.53. The third-order valence-corrected chi connectivity index (χ3v) is 8.21. The van der Waals surface area contributed by atoms with Crippen LogP contribution in [0.4, 0.5) is 0 Å². The molecule has 8 heteroatoms. The third kappa shape index (κ3) is 5.93. The minimum atomic E-state index is -3.20. The fraction of sp³-hybridized carbons (Fsp3) is 0.667. The van der Waals surface area contributed by atoms with Crippen LogP contribution in [0, 0.1) is 0 Å². The van der Waals surface area contributed by atoms with E-state index in [4.69, 9.17) is 4.74 Å². The number of nitrogens with zero attached hydrogens (tertiary/aromatic N) is 2. The first-order valence-electron chi connectivity index (χ1n) is 10.4. The van der Waals surface area contributed by atoms with E-state index in [0.29, 0.717) is 45.1 Å². The number of guanidine groups is 1. The zero-order chi connectivity index (χ0) is 20.7. The van der Waals surface area contributed by atoms with E-state index >= 15 is 0 Å². The second-order valence-corrected chi connectivity index (χ2v) is 10.6. The number of hydrogen-bond donors (Lipinski definition) is 2. The first-order valence-corrected chi connectivity index (χ1v) is 12.3. The third-order valence-electron chi connectivity index (χ3n) is 6.08. The molecule has 2 fully saturated rings. The zero-order valence-corrected chi connectivity index (χ0v) is 18.4. The molecule has 0 aliphatic carbocycles. The highest BCUT2D eigenvalue weighted by atomic mass is 32.2. The minimum Gasteiger partial charge on any atom is -0.381 e. The van der Waals surface area contributed by atoms with Crippen LogP contribution in [-0.2, 0) is 27.7 Å². The molecule has 0 spiro atoms. The Balaban J connectivity index is 1.51. The van der Waals surface area contributed by atoms with E-state index in [1.165, 1.54) is 43.3 Å². The predicted molar refractivity (Wildman–Crippen MR) is 117 cm³/mol. The van der Waals surface area contributed by atoms with Crippen LogP contribution < -0.4 is 10.6 Å². The SMILES string of the molecule is CN=C(NCc1ccc(CN2CCCC2)cc1)NCC1(S(C)(=O)=O)CCOCC1. The van der Waals surface area contributed by atoms with Gasteiger partial charge in [-0.05, 0) is 49.9 Å². The van der Waals surface area contributed by atoms with E-state index in [0.717, 1.165) is 6.54 Å². The Hall–Kier alpha value is -1.64. The summed E-state index contributed by atoms with van der Waals surface area (Å²) in [4.78, 5) is 6.74. The van der Waals surface area contributed by atoms with Crippen LogP contribution in [0.25, 0.3) is 0 Å². The fourth-order valence-corrected chi connectivity index (χ4v) is 5.28. The highest BCUT2D eigenvalue weighted by Gasteiger charge is 2.42. The highest BCUT2D eigenvalue weighted by molar-refractivity contribution is 7.92. The number of benzene rings is 1. The van der Waals surface area contributed by atoms with Crippen molar-refractivity contribution in [3.05, 3.63) is 35.4 Å². The number of likely N-dealkylation sites (tertiary alicyclic amines) is 1. The Morgan fingerprint density at radius 1 is 1.10 bits per heavy atom. The Labute approximate surface area is 174 Å². The molecule has 2 N–H and O–H groups in total. The van der Waals surface area contributed by atoms with Gasteiger partial charge in [0.05, 0.1) is 4.75 Å². The van der Waals surface area contributed by atoms with Gasteiger partial charge >= 0.3 is 0 Å². The van der Waals surface area contributed by atoms with E-state index in [-0.39, 0.29) is 0 Å². The maximum Gasteiger partial charge on any atom is 0.191 e. The molecule has 0 saturated carbocycles. The van der Waals surface area contributed by atoms with Gasteiger partial charge in [0.2, 0.25) is 0 Å². The van der Waals surface area contributed by atoms with Gasteiger partial charge < -0.3 is 15.4 Å². The summed E-state index contributed by atoms with van der Waals surface area (Å²) in [5.41, 5.74) is 2.51. The molecule has 0 bridgehead atoms. The summed E-state index contributed by atoms with van der Waals surface area (Å²) in [7, 11) is -1.50. The van der Waals surface area contributed by atoms with Crippen LogP contribution in [0.3, 0.4) is 0 Å². The summed E-state index contributed by atoms with van der Waals surface area (Å²) < 4.78 is 29.3. The molecule has 162 valence electrons. The molecule has 3 rings (SSSR count). The standard InChI is InChI=1S/C21H34N4O3S/c1-22-20(24-17-21(29(2,26)27)9-13-28-14-10-21)23-15-18-5-7-19(8-6-18)16-25-11-3-4-12-25/h5-8H,3-4,9-17H2,1-2H3,(H2,22,23,24). The predicted octanol–water partition coefficient (Wildman–Crippen LogP) is 1.54. The lowest BCUT2D eigenvalue weighted by Gasteiger charge is -2.35. The molecular weight excluding hydrogens is 388 g/mol. The largest absolute Gasteiger partial charge is 0.381 e. The monoisotopic (exact) mass is 422 g/mol. The lowest BCUT2D eigenvalue weighted by atomic mass is 9.99. The Morgan fingerprint density at radius 2 is 1.72 bits per heavy atom. The maximum atomic E-state index is 12.4. The number of nitrogens with one attached hydrogen (secondary N) is 2. The van der Waals surface area contributed by atoms with Crippen LogP contribution in [0.1, 0.15) is 36.8 Å². The van der Waals surface area contributed by atoms with E-state index < -0.39 is 14.6 Å². The normalized spacial score (nSPS) is 20.6. The van der Waals surface area contributed by atoms with E-state index in [2.05, 4.69) is 44.8 Å². The van der Waals surface area contributed by atoms with E-state index in [1.807, 2.05) is 0 Å². The quantitative estimate of drug-likeness (QED) is 0.512. The lowest BCUT2D eigenvalue weighted by molar-refractivity contribution is 0.0756. The molecule has 0 aromatic heterocycles. The second kappa shape index (κ2) is 9.91. The molecule has 29 heavy (non-hydrogen) atoms. The highest BCUT2D eigenvalue weighted by Crippen LogP contribution is 2.28. The van der Waals surface area contributed by atoms with Crippen LogP contribution in [0.5, 0.6) is 0 Å². The van der Waals surface area contributed by atoms with Crippen molar-refractivity contribution >= 4 is 15.8 Å². The summed E-state index contributed by atoms with van der Waals surface area (Å²) in [6.45, 7) is 5.35. The molecule has 7 nitrogen and oxygen atoms in total. The van der Waals surface area contributed by atoms with Crippen molar-refractivity contribution in [3.8, 4) is 0 Å². The van der Waals surface area contributed by atoms with Crippen molar-refractivity contribution in [3.63, 3.8) is 0 Å². The van der Waals surface area contributed by atoms with Crippen LogP contribution in [-0.4, -0.2) is 70.2 Å². The maximum absolute atomic E-state index is 12.4. The van der Waals surface area contributed by atoms with Gasteiger partial charge in [0.15, 0.2) is 15.8 Å². The first kappa shape index (κ1) is 22.1. The number of rotatable bonds is 7. The molecule has 2 aliphatic rings. The zero-order valence-electron chi connectivity index (χ0n) is 17.6. The van der Waals surface area contributed by atoms with Gasteiger partial charge in [0.25, 0.3) is 0 Å². The Morgan fingerprint density at radius 3 is 2.31 bits per heavy atom. The summed E-state index contributed by atoms with van der Waals surface area (Å²) in [5, 5.41) is 6.50. The van der Waals surface area contributed by atoms with Gasteiger partial charge in [0.1, 0.15) is 0 Å². The average molecular weight is 423 g/mol. The van der Waals surface area contributed by atoms with Crippen molar-refractivity contribution in [2.45, 2.75) is 43.5 Å². The van der Waals surface area contributed by atoms with Gasteiger partial charge in [0, 0.05) is 46.2 Å². The Bertz CT molecular complexity index is 781. The molecule has 0 radical (unpaired) electrons. The molecule has 2 aliphatic heterocycles. The van der Waals surface area contributed by atoms with Crippen LogP contribution in [0.15, 0.2) is 29.3 Å². The molecular formula is C21H34N4O3S. The Kier molecular flexibility index (Phi) is 7.54. The fourth-order valence-electron chi connectivity index (χ4n) is 4.03. The van der Waals surface area contributed by atoms with Gasteiger partial charge in [-0.3, -0.25) is 9.89 Å². The minimum absolute atomic E-state index is 0.337. The summed E-state index contributed by atoms with van der Waals surface area (Å²) in [6.07, 6.45) is 4.95. The first-order chi connectivity index (χ1) is 13.9. The van der Waals surface area contributed by atoms with E-state index in [9.17, 15) is 8.42 Å². The molecule has 0 atom stereocenters. The van der Waals surface area contributed by atoms with E-state index in [1.54, 1.807) is 7.05 Å². The molecule has 1 aromatic rings. The number of ether oxygens (including phenoxy) is 1. The molecule has 2 saturated heterocycles. The van der Waals surface area contributed by atoms with Crippen LogP contribution >= 0.6 is 0 Å². The molecule has 1 aromatic carbocycles. The summed E-state index contributed by atoms with van der Waals surface area (Å²) >= 11 is 0. The topological polar surface area (TPSA) is 83.0 Å². The van der Waals surface area contributed by atoms with Crippen molar-refractivity contribution < 1.29 is 13.2 Å². The van der Waals surface area contributed by atoms with Crippen molar-refractivity contribution in [1.82, 2.24) is 15.5 Å². The summed E-state index contributed by atoms with van der Waals surface area (Å²) in [5.74, 6) is 0.612. The molecule has 0 unspecified atom stereocenters. The second-order valence-electron chi connectivity index (χ2n) is 8.15. The van der Waals surface area contributed by atoms with Crippen molar-refractivity contribution in [1.29, 1.82) is 0 Å². The van der Waals surface area contributed by atoms with Gasteiger partial charge in [-0.25, -0.2) is 8.42 Å².